The lowest BCUT2D eigenvalue weighted by atomic mass is 10.1. The number of halogens is 1. The number of hydrogen-bond donors (Lipinski definition) is 3. The van der Waals surface area contributed by atoms with Crippen LogP contribution in [0.3, 0.4) is 0 Å². The first kappa shape index (κ1) is 17.1. The van der Waals surface area contributed by atoms with Gasteiger partial charge in [-0.25, -0.2) is 4.79 Å². The average molecular weight is 326 g/mol. The maximum atomic E-state index is 12.0. The third-order valence-corrected chi connectivity index (χ3v) is 4.39. The fourth-order valence-electron chi connectivity index (χ4n) is 2.36. The molecule has 1 aliphatic rings. The van der Waals surface area contributed by atoms with E-state index >= 15 is 0 Å². The van der Waals surface area contributed by atoms with Crippen molar-refractivity contribution in [3.8, 4) is 0 Å². The van der Waals surface area contributed by atoms with Crippen LogP contribution in [0, 0.1) is 0 Å². The van der Waals surface area contributed by atoms with Crippen molar-refractivity contribution in [3.63, 3.8) is 0 Å². The molecule has 1 aliphatic carbocycles. The third-order valence-electron chi connectivity index (χ3n) is 4.14. The van der Waals surface area contributed by atoms with Gasteiger partial charge in [-0.1, -0.05) is 23.7 Å². The number of carbonyl (C=O) groups is 1. The number of nitrogens with zero attached hydrogens (tertiary/aromatic N) is 1. The van der Waals surface area contributed by atoms with Gasteiger partial charge >= 0.3 is 6.03 Å². The molecule has 1 aromatic rings. The summed E-state index contributed by atoms with van der Waals surface area (Å²) in [5, 5.41) is 15.7. The van der Waals surface area contributed by atoms with Crippen LogP contribution >= 0.6 is 11.6 Å². The Kier molecular flexibility index (Phi) is 6.06. The largest absolute Gasteiger partial charge is 0.394 e. The lowest BCUT2D eigenvalue weighted by molar-refractivity contribution is 0.208. The lowest BCUT2D eigenvalue weighted by Crippen LogP contribution is -2.45. The molecular weight excluding hydrogens is 302 g/mol. The van der Waals surface area contributed by atoms with Crippen molar-refractivity contribution in [3.05, 3.63) is 34.9 Å². The number of rotatable bonds is 7. The summed E-state index contributed by atoms with van der Waals surface area (Å²) in [6, 6.07) is 7.33. The van der Waals surface area contributed by atoms with Crippen molar-refractivity contribution >= 4 is 17.6 Å². The minimum Gasteiger partial charge on any atom is -0.394 e. The number of benzene rings is 1. The van der Waals surface area contributed by atoms with Gasteiger partial charge in [0.05, 0.1) is 12.6 Å². The molecule has 0 aliphatic heterocycles. The molecule has 6 heteroatoms. The molecule has 1 saturated carbocycles. The smallest absolute Gasteiger partial charge is 0.315 e. The highest BCUT2D eigenvalue weighted by atomic mass is 35.5. The molecule has 122 valence electrons. The second-order valence-corrected chi connectivity index (χ2v) is 6.32. The summed E-state index contributed by atoms with van der Waals surface area (Å²) in [6.07, 6.45) is 2.49. The van der Waals surface area contributed by atoms with Crippen molar-refractivity contribution in [1.29, 1.82) is 0 Å². The predicted molar refractivity (Wildman–Crippen MR) is 88.1 cm³/mol. The van der Waals surface area contributed by atoms with E-state index in [1.54, 1.807) is 24.3 Å². The van der Waals surface area contributed by atoms with E-state index in [2.05, 4.69) is 29.5 Å². The van der Waals surface area contributed by atoms with Gasteiger partial charge in [0.25, 0.3) is 0 Å². The molecule has 22 heavy (non-hydrogen) atoms. The maximum absolute atomic E-state index is 12.0. The van der Waals surface area contributed by atoms with Crippen LogP contribution in [0.4, 0.5) is 4.79 Å². The minimum atomic E-state index is -0.436. The van der Waals surface area contributed by atoms with Gasteiger partial charge in [0.15, 0.2) is 0 Å². The second kappa shape index (κ2) is 7.81. The topological polar surface area (TPSA) is 64.6 Å². The first-order valence-electron chi connectivity index (χ1n) is 7.64. The van der Waals surface area contributed by atoms with Gasteiger partial charge in [0.1, 0.15) is 0 Å². The Hall–Kier alpha value is -1.30. The van der Waals surface area contributed by atoms with Gasteiger partial charge in [-0.15, -0.1) is 0 Å². The molecule has 0 heterocycles. The van der Waals surface area contributed by atoms with Crippen LogP contribution in [0.25, 0.3) is 0 Å². The molecule has 0 saturated heterocycles. The number of likely N-dealkylation sites (N-methyl/N-ethyl adjacent to an activating group) is 1. The molecule has 0 aromatic heterocycles. The van der Waals surface area contributed by atoms with Gasteiger partial charge in [0, 0.05) is 23.7 Å². The van der Waals surface area contributed by atoms with Crippen molar-refractivity contribution in [2.24, 2.45) is 0 Å². The Bertz CT molecular complexity index is 491. The van der Waals surface area contributed by atoms with E-state index in [-0.39, 0.29) is 12.6 Å². The zero-order valence-corrected chi connectivity index (χ0v) is 13.8. The average Bonchev–Trinajstić information content (AvgIpc) is 3.35. The third kappa shape index (κ3) is 4.87. The first-order valence-corrected chi connectivity index (χ1v) is 8.01. The van der Waals surface area contributed by atoms with Gasteiger partial charge in [0.2, 0.25) is 0 Å². The number of hydrogen-bond acceptors (Lipinski definition) is 3. The molecule has 2 unspecified atom stereocenters. The van der Waals surface area contributed by atoms with Crippen molar-refractivity contribution in [2.75, 3.05) is 20.2 Å². The van der Waals surface area contributed by atoms with Gasteiger partial charge in [-0.3, -0.25) is 4.90 Å². The highest BCUT2D eigenvalue weighted by molar-refractivity contribution is 6.30. The molecule has 0 spiro atoms. The zero-order valence-electron chi connectivity index (χ0n) is 13.1. The van der Waals surface area contributed by atoms with Gasteiger partial charge in [-0.05, 0) is 44.5 Å². The number of aliphatic hydroxyl groups excluding tert-OH is 1. The second-order valence-electron chi connectivity index (χ2n) is 5.89. The summed E-state index contributed by atoms with van der Waals surface area (Å²) < 4.78 is 0. The fourth-order valence-corrected chi connectivity index (χ4v) is 2.49. The van der Waals surface area contributed by atoms with E-state index in [9.17, 15) is 9.90 Å². The van der Waals surface area contributed by atoms with Crippen LogP contribution < -0.4 is 10.6 Å². The molecule has 2 atom stereocenters. The monoisotopic (exact) mass is 325 g/mol. The van der Waals surface area contributed by atoms with Crippen LogP contribution in [0.5, 0.6) is 0 Å². The Morgan fingerprint density at radius 1 is 1.41 bits per heavy atom. The molecule has 5 nitrogen and oxygen atoms in total. The summed E-state index contributed by atoms with van der Waals surface area (Å²) >= 11 is 5.84. The van der Waals surface area contributed by atoms with Crippen molar-refractivity contribution < 1.29 is 9.90 Å². The molecule has 1 fully saturated rings. The SMILES string of the molecule is CC(CNC(=O)NC(CO)c1ccc(Cl)cc1)N(C)C1CC1. The van der Waals surface area contributed by atoms with E-state index in [1.165, 1.54) is 12.8 Å². The standard InChI is InChI=1S/C16H24ClN3O2/c1-11(20(2)14-7-8-14)9-18-16(22)19-15(10-21)12-3-5-13(17)6-4-12/h3-6,11,14-15,21H,7-10H2,1-2H3,(H2,18,19,22). The molecular formula is C16H24ClN3O2. The summed E-state index contributed by atoms with van der Waals surface area (Å²) in [6.45, 7) is 2.52. The van der Waals surface area contributed by atoms with E-state index in [0.29, 0.717) is 23.7 Å². The molecule has 0 radical (unpaired) electrons. The van der Waals surface area contributed by atoms with Crippen LogP contribution in [-0.2, 0) is 0 Å². The maximum Gasteiger partial charge on any atom is 0.315 e. The van der Waals surface area contributed by atoms with Crippen LogP contribution in [0.2, 0.25) is 5.02 Å². The van der Waals surface area contributed by atoms with E-state index in [0.717, 1.165) is 5.56 Å². The zero-order chi connectivity index (χ0) is 16.1. The number of aliphatic hydroxyl groups is 1. The summed E-state index contributed by atoms with van der Waals surface area (Å²) in [4.78, 5) is 14.3. The normalized spacial score (nSPS) is 17.1. The minimum absolute atomic E-state index is 0.160. The van der Waals surface area contributed by atoms with Gasteiger partial charge in [-0.2, -0.15) is 0 Å². The Balaban J connectivity index is 1.80. The number of amides is 2. The number of nitrogens with one attached hydrogen (secondary N) is 2. The van der Waals surface area contributed by atoms with Crippen molar-refractivity contribution in [1.82, 2.24) is 15.5 Å². The predicted octanol–water partition coefficient (Wildman–Crippen LogP) is 2.16. The van der Waals surface area contributed by atoms with Crippen molar-refractivity contribution in [2.45, 2.75) is 37.9 Å². The molecule has 3 N–H and O–H groups in total. The van der Waals surface area contributed by atoms with Gasteiger partial charge < -0.3 is 15.7 Å². The Labute approximate surface area is 136 Å². The molecule has 2 amide bonds. The molecule has 2 rings (SSSR count). The number of carbonyl (C=O) groups excluding carboxylic acids is 1. The van der Waals surface area contributed by atoms with Crippen LogP contribution in [0.15, 0.2) is 24.3 Å². The fraction of sp³-hybridized carbons (Fsp3) is 0.562. The quantitative estimate of drug-likeness (QED) is 0.720. The summed E-state index contributed by atoms with van der Waals surface area (Å²) in [5.41, 5.74) is 0.824. The lowest BCUT2D eigenvalue weighted by Gasteiger charge is -2.25. The first-order chi connectivity index (χ1) is 10.5. The summed E-state index contributed by atoms with van der Waals surface area (Å²) in [7, 11) is 2.09. The van der Waals surface area contributed by atoms with E-state index < -0.39 is 6.04 Å². The highest BCUT2D eigenvalue weighted by Gasteiger charge is 2.29. The van der Waals surface area contributed by atoms with E-state index in [1.807, 2.05) is 0 Å². The Morgan fingerprint density at radius 2 is 2.05 bits per heavy atom. The van der Waals surface area contributed by atoms with Crippen LogP contribution in [-0.4, -0.2) is 48.3 Å². The summed E-state index contributed by atoms with van der Waals surface area (Å²) in [5.74, 6) is 0. The van der Waals surface area contributed by atoms with Crippen LogP contribution in [0.1, 0.15) is 31.4 Å². The van der Waals surface area contributed by atoms with E-state index in [4.69, 9.17) is 11.6 Å². The number of urea groups is 1. The molecule has 1 aromatic carbocycles. The molecule has 0 bridgehead atoms. The Morgan fingerprint density at radius 3 is 2.59 bits per heavy atom. The highest BCUT2D eigenvalue weighted by Crippen LogP contribution is 2.26.